The fraction of sp³-hybridized carbons (Fsp3) is 0. The van der Waals surface area contributed by atoms with Gasteiger partial charge in [0.1, 0.15) is 0 Å². The highest BCUT2D eigenvalue weighted by Crippen LogP contribution is 2.24. The average molecular weight is 234 g/mol. The van der Waals surface area contributed by atoms with Crippen LogP contribution in [0.1, 0.15) is 0 Å². The Bertz CT molecular complexity index is 479. The van der Waals surface area contributed by atoms with Crippen LogP contribution in [0.25, 0.3) is 11.1 Å². The van der Waals surface area contributed by atoms with E-state index in [1.807, 2.05) is 29.0 Å². The van der Waals surface area contributed by atoms with Gasteiger partial charge in [0.25, 0.3) is 0 Å². The molecule has 3 N–H and O–H groups in total. The molecule has 2 rings (SSSR count). The van der Waals surface area contributed by atoms with Crippen LogP contribution in [-0.2, 0) is 0 Å². The van der Waals surface area contributed by atoms with Crippen molar-refractivity contribution < 1.29 is 9.90 Å². The Labute approximate surface area is 96.5 Å². The molecule has 1 heterocycles. The second-order valence-corrected chi connectivity index (χ2v) is 3.99. The molecule has 1 aromatic carbocycles. The first-order valence-electron chi connectivity index (χ1n) is 4.59. The minimum Gasteiger partial charge on any atom is -0.464 e. The van der Waals surface area contributed by atoms with Gasteiger partial charge in [-0.25, -0.2) is 15.6 Å². The van der Waals surface area contributed by atoms with Gasteiger partial charge in [0, 0.05) is 0 Å². The third kappa shape index (κ3) is 2.05. The highest BCUT2D eigenvalue weighted by atomic mass is 32.1. The van der Waals surface area contributed by atoms with E-state index in [0.717, 1.165) is 11.1 Å². The number of nitrogens with zero attached hydrogens (tertiary/aromatic N) is 1. The Hall–Kier alpha value is -1.85. The number of hydrogen-bond donors (Lipinski definition) is 2. The van der Waals surface area contributed by atoms with Gasteiger partial charge in [0.05, 0.1) is 5.69 Å². The van der Waals surface area contributed by atoms with Crippen molar-refractivity contribution >= 4 is 23.1 Å². The summed E-state index contributed by atoms with van der Waals surface area (Å²) >= 11 is 1.62. The van der Waals surface area contributed by atoms with Gasteiger partial charge in [0.15, 0.2) is 0 Å². The number of rotatable bonds is 2. The van der Waals surface area contributed by atoms with Crippen LogP contribution in [0.3, 0.4) is 0 Å². The standard InChI is InChI=1S/C11H10N2O2S/c12-13(11(14)15)10-3-1-8(2-4-10)9-5-6-16-7-9/h1-7H,12H2,(H,14,15). The lowest BCUT2D eigenvalue weighted by molar-refractivity contribution is 0.202. The van der Waals surface area contributed by atoms with Crippen LogP contribution in [0, 0.1) is 0 Å². The Morgan fingerprint density at radius 1 is 1.19 bits per heavy atom. The number of carboxylic acid groups (broad SMARTS) is 1. The summed E-state index contributed by atoms with van der Waals surface area (Å²) in [5, 5.41) is 13.4. The Balaban J connectivity index is 2.26. The summed E-state index contributed by atoms with van der Waals surface area (Å²) in [7, 11) is 0. The van der Waals surface area contributed by atoms with Gasteiger partial charge in [-0.15, -0.1) is 0 Å². The Kier molecular flexibility index (Phi) is 2.89. The minimum atomic E-state index is -1.18. The molecule has 0 radical (unpaired) electrons. The van der Waals surface area contributed by atoms with E-state index in [4.69, 9.17) is 10.9 Å². The van der Waals surface area contributed by atoms with Crippen molar-refractivity contribution in [3.63, 3.8) is 0 Å². The number of carbonyl (C=O) groups is 1. The highest BCUT2D eigenvalue weighted by molar-refractivity contribution is 7.08. The number of anilines is 1. The second kappa shape index (κ2) is 4.34. The van der Waals surface area contributed by atoms with Crippen LogP contribution in [-0.4, -0.2) is 11.2 Å². The molecular weight excluding hydrogens is 224 g/mol. The topological polar surface area (TPSA) is 66.6 Å². The van der Waals surface area contributed by atoms with Gasteiger partial charge >= 0.3 is 6.09 Å². The number of hydrazine groups is 1. The van der Waals surface area contributed by atoms with E-state index < -0.39 is 6.09 Å². The zero-order valence-corrected chi connectivity index (χ0v) is 9.15. The molecule has 0 saturated carbocycles. The van der Waals surface area contributed by atoms with E-state index in [-0.39, 0.29) is 0 Å². The van der Waals surface area contributed by atoms with Gasteiger partial charge < -0.3 is 5.11 Å². The zero-order chi connectivity index (χ0) is 11.5. The molecule has 4 nitrogen and oxygen atoms in total. The van der Waals surface area contributed by atoms with Crippen LogP contribution in [0.5, 0.6) is 0 Å². The first-order valence-corrected chi connectivity index (χ1v) is 5.53. The number of amides is 1. The largest absolute Gasteiger partial charge is 0.464 e. The van der Waals surface area contributed by atoms with Gasteiger partial charge in [-0.3, -0.25) is 0 Å². The number of thiophene rings is 1. The van der Waals surface area contributed by atoms with Crippen molar-refractivity contribution in [3.05, 3.63) is 41.1 Å². The summed E-state index contributed by atoms with van der Waals surface area (Å²) < 4.78 is 0. The highest BCUT2D eigenvalue weighted by Gasteiger charge is 2.08. The van der Waals surface area contributed by atoms with Gasteiger partial charge in [-0.1, -0.05) is 12.1 Å². The monoisotopic (exact) mass is 234 g/mol. The summed E-state index contributed by atoms with van der Waals surface area (Å²) in [6.45, 7) is 0. The fourth-order valence-electron chi connectivity index (χ4n) is 1.35. The van der Waals surface area contributed by atoms with Crippen molar-refractivity contribution in [1.82, 2.24) is 0 Å². The summed E-state index contributed by atoms with van der Waals surface area (Å²) in [6.07, 6.45) is -1.18. The zero-order valence-electron chi connectivity index (χ0n) is 8.33. The van der Waals surface area contributed by atoms with Crippen LogP contribution in [0.2, 0.25) is 0 Å². The van der Waals surface area contributed by atoms with E-state index in [1.165, 1.54) is 0 Å². The molecule has 82 valence electrons. The summed E-state index contributed by atoms with van der Waals surface area (Å²) in [5.74, 6) is 5.34. The number of hydrogen-bond acceptors (Lipinski definition) is 3. The molecule has 0 spiro atoms. The molecule has 0 aliphatic rings. The first kappa shape index (κ1) is 10.7. The normalized spacial score (nSPS) is 10.1. The molecule has 1 amide bonds. The summed E-state index contributed by atoms with van der Waals surface area (Å²) in [4.78, 5) is 10.6. The van der Waals surface area contributed by atoms with E-state index in [2.05, 4.69) is 0 Å². The molecule has 0 saturated heterocycles. The van der Waals surface area contributed by atoms with Crippen molar-refractivity contribution in [3.8, 4) is 11.1 Å². The van der Waals surface area contributed by atoms with E-state index in [9.17, 15) is 4.79 Å². The third-order valence-corrected chi connectivity index (χ3v) is 2.89. The Morgan fingerprint density at radius 2 is 1.88 bits per heavy atom. The minimum absolute atomic E-state index is 0.450. The predicted octanol–water partition coefficient (Wildman–Crippen LogP) is 2.77. The van der Waals surface area contributed by atoms with Crippen LogP contribution in [0.15, 0.2) is 41.1 Å². The van der Waals surface area contributed by atoms with E-state index in [1.54, 1.807) is 23.5 Å². The van der Waals surface area contributed by atoms with Crippen LogP contribution in [0.4, 0.5) is 10.5 Å². The number of nitrogens with two attached hydrogens (primary N) is 1. The number of benzene rings is 1. The third-order valence-electron chi connectivity index (χ3n) is 2.21. The lowest BCUT2D eigenvalue weighted by atomic mass is 10.1. The molecule has 0 aliphatic carbocycles. The first-order chi connectivity index (χ1) is 7.68. The lowest BCUT2D eigenvalue weighted by Gasteiger charge is -2.12. The maximum Gasteiger partial charge on any atom is 0.426 e. The molecule has 1 aromatic heterocycles. The predicted molar refractivity (Wildman–Crippen MR) is 64.4 cm³/mol. The van der Waals surface area contributed by atoms with Gasteiger partial charge in [-0.2, -0.15) is 11.3 Å². The Morgan fingerprint density at radius 3 is 2.38 bits per heavy atom. The second-order valence-electron chi connectivity index (χ2n) is 3.21. The van der Waals surface area contributed by atoms with E-state index >= 15 is 0 Å². The lowest BCUT2D eigenvalue weighted by Crippen LogP contribution is -2.35. The molecule has 0 atom stereocenters. The molecule has 16 heavy (non-hydrogen) atoms. The summed E-state index contributed by atoms with van der Waals surface area (Å²) in [6, 6.07) is 9.07. The van der Waals surface area contributed by atoms with Crippen LogP contribution < -0.4 is 10.9 Å². The maximum absolute atomic E-state index is 10.6. The van der Waals surface area contributed by atoms with Gasteiger partial charge in [0.2, 0.25) is 0 Å². The average Bonchev–Trinajstić information content (AvgIpc) is 2.81. The van der Waals surface area contributed by atoms with Crippen LogP contribution >= 0.6 is 11.3 Å². The van der Waals surface area contributed by atoms with Crippen molar-refractivity contribution in [1.29, 1.82) is 0 Å². The maximum atomic E-state index is 10.6. The quantitative estimate of drug-likeness (QED) is 0.477. The molecule has 0 bridgehead atoms. The SMILES string of the molecule is NN(C(=O)O)c1ccc(-c2ccsc2)cc1. The van der Waals surface area contributed by atoms with E-state index in [0.29, 0.717) is 10.7 Å². The van der Waals surface area contributed by atoms with Crippen molar-refractivity contribution in [2.75, 3.05) is 5.01 Å². The molecule has 2 aromatic rings. The van der Waals surface area contributed by atoms with Crippen molar-refractivity contribution in [2.24, 2.45) is 5.84 Å². The molecule has 0 unspecified atom stereocenters. The van der Waals surface area contributed by atoms with Crippen molar-refractivity contribution in [2.45, 2.75) is 0 Å². The summed E-state index contributed by atoms with van der Waals surface area (Å²) in [5.41, 5.74) is 2.62. The molecule has 0 aliphatic heterocycles. The van der Waals surface area contributed by atoms with Gasteiger partial charge in [-0.05, 0) is 40.1 Å². The fourth-order valence-corrected chi connectivity index (χ4v) is 2.02. The smallest absolute Gasteiger partial charge is 0.426 e. The molecule has 0 fully saturated rings. The molecular formula is C11H10N2O2S. The molecule has 5 heteroatoms.